The first-order valence-corrected chi connectivity index (χ1v) is 9.19. The van der Waals surface area contributed by atoms with Gasteiger partial charge in [-0.25, -0.2) is 9.78 Å². The van der Waals surface area contributed by atoms with Crippen molar-refractivity contribution in [3.63, 3.8) is 0 Å². The highest BCUT2D eigenvalue weighted by Gasteiger charge is 2.26. The van der Waals surface area contributed by atoms with Gasteiger partial charge in [-0.1, -0.05) is 24.3 Å². The normalized spacial score (nSPS) is 14.1. The predicted octanol–water partition coefficient (Wildman–Crippen LogP) is 1.92. The number of rotatable bonds is 4. The number of hydrogen-bond acceptors (Lipinski definition) is 4. The lowest BCUT2D eigenvalue weighted by Crippen LogP contribution is -2.51. The lowest BCUT2D eigenvalue weighted by atomic mass is 10.1. The van der Waals surface area contributed by atoms with E-state index in [0.717, 1.165) is 11.1 Å². The van der Waals surface area contributed by atoms with Crippen molar-refractivity contribution in [2.45, 2.75) is 20.3 Å². The van der Waals surface area contributed by atoms with Crippen LogP contribution in [0.5, 0.6) is 0 Å². The summed E-state index contributed by atoms with van der Waals surface area (Å²) in [6.45, 7) is 5.37. The van der Waals surface area contributed by atoms with Gasteiger partial charge in [-0.15, -0.1) is 0 Å². The molecule has 1 aliphatic rings. The van der Waals surface area contributed by atoms with E-state index in [1.54, 1.807) is 16.7 Å². The van der Waals surface area contributed by atoms with Gasteiger partial charge in [-0.2, -0.15) is 0 Å². The van der Waals surface area contributed by atoms with Crippen molar-refractivity contribution in [3.8, 4) is 0 Å². The molecule has 0 atom stereocenters. The van der Waals surface area contributed by atoms with Gasteiger partial charge in [0, 0.05) is 26.2 Å². The molecule has 0 aliphatic carbocycles. The highest BCUT2D eigenvalue weighted by molar-refractivity contribution is 5.94. The predicted molar refractivity (Wildman–Crippen MR) is 103 cm³/mol. The number of carbonyl (C=O) groups excluding carboxylic acids is 2. The third kappa shape index (κ3) is 4.19. The quantitative estimate of drug-likeness (QED) is 0.874. The fraction of sp³-hybridized carbons (Fsp3) is 0.333. The molecule has 1 N–H and O–H groups in total. The second-order valence-electron chi connectivity index (χ2n) is 6.91. The third-order valence-electron chi connectivity index (χ3n) is 5.06. The number of piperazine rings is 1. The minimum atomic E-state index is -1.07. The molecule has 7 nitrogen and oxygen atoms in total. The van der Waals surface area contributed by atoms with E-state index < -0.39 is 5.97 Å². The van der Waals surface area contributed by atoms with Crippen LogP contribution >= 0.6 is 0 Å². The maximum atomic E-state index is 12.7. The van der Waals surface area contributed by atoms with Gasteiger partial charge in [0.1, 0.15) is 5.69 Å². The zero-order valence-electron chi connectivity index (χ0n) is 16.0. The van der Waals surface area contributed by atoms with E-state index in [1.165, 1.54) is 12.1 Å². The van der Waals surface area contributed by atoms with Crippen molar-refractivity contribution in [3.05, 3.63) is 64.5 Å². The van der Waals surface area contributed by atoms with Gasteiger partial charge in [-0.05, 0) is 37.1 Å². The van der Waals surface area contributed by atoms with Crippen molar-refractivity contribution in [2.24, 2.45) is 0 Å². The summed E-state index contributed by atoms with van der Waals surface area (Å²) in [7, 11) is 0. The number of benzene rings is 1. The zero-order valence-corrected chi connectivity index (χ0v) is 16.0. The Labute approximate surface area is 163 Å². The molecule has 1 aromatic carbocycles. The molecular weight excluding hydrogens is 358 g/mol. The highest BCUT2D eigenvalue weighted by Crippen LogP contribution is 2.13. The molecule has 1 aromatic heterocycles. The van der Waals surface area contributed by atoms with Crippen LogP contribution < -0.4 is 0 Å². The average molecular weight is 381 g/mol. The van der Waals surface area contributed by atoms with Gasteiger partial charge >= 0.3 is 5.97 Å². The van der Waals surface area contributed by atoms with Crippen molar-refractivity contribution < 1.29 is 19.5 Å². The van der Waals surface area contributed by atoms with Crippen LogP contribution in [0.25, 0.3) is 0 Å². The lowest BCUT2D eigenvalue weighted by molar-refractivity contribution is -0.131. The Hall–Kier alpha value is -3.22. The second-order valence-corrected chi connectivity index (χ2v) is 6.91. The molecule has 3 rings (SSSR count). The molecule has 28 heavy (non-hydrogen) atoms. The van der Waals surface area contributed by atoms with Gasteiger partial charge in [0.2, 0.25) is 5.91 Å². The first kappa shape index (κ1) is 19.5. The Balaban J connectivity index is 1.59. The van der Waals surface area contributed by atoms with Gasteiger partial charge < -0.3 is 14.9 Å². The van der Waals surface area contributed by atoms with Crippen LogP contribution in [0.15, 0.2) is 36.4 Å². The number of pyridine rings is 1. The van der Waals surface area contributed by atoms with Crippen molar-refractivity contribution in [1.82, 2.24) is 14.8 Å². The van der Waals surface area contributed by atoms with Gasteiger partial charge in [0.25, 0.3) is 5.91 Å². The summed E-state index contributed by atoms with van der Waals surface area (Å²) >= 11 is 0. The standard InChI is InChI=1S/C21H23N3O4/c1-14-5-3-4-6-16(14)13-19(25)23-9-11-24(12-10-23)20(26)18-8-7-17(21(27)28)15(2)22-18/h3-8H,9-13H2,1-2H3,(H,27,28). The molecule has 0 spiro atoms. The summed E-state index contributed by atoms with van der Waals surface area (Å²) in [5.41, 5.74) is 2.73. The van der Waals surface area contributed by atoms with E-state index in [-0.39, 0.29) is 23.1 Å². The molecule has 146 valence electrons. The van der Waals surface area contributed by atoms with E-state index in [9.17, 15) is 14.4 Å². The number of carboxylic acid groups (broad SMARTS) is 1. The monoisotopic (exact) mass is 381 g/mol. The number of carbonyl (C=O) groups is 3. The summed E-state index contributed by atoms with van der Waals surface area (Å²) in [5, 5.41) is 9.08. The second kappa shape index (κ2) is 8.21. The molecule has 2 heterocycles. The van der Waals surface area contributed by atoms with Crippen molar-refractivity contribution in [1.29, 1.82) is 0 Å². The van der Waals surface area contributed by atoms with Gasteiger partial charge in [0.05, 0.1) is 17.7 Å². The zero-order chi connectivity index (χ0) is 20.3. The van der Waals surface area contributed by atoms with E-state index >= 15 is 0 Å². The summed E-state index contributed by atoms with van der Waals surface area (Å²) in [6.07, 6.45) is 0.359. The minimum absolute atomic E-state index is 0.0566. The molecule has 0 saturated carbocycles. The Morgan fingerprint density at radius 3 is 2.21 bits per heavy atom. The number of amides is 2. The number of hydrogen-bond donors (Lipinski definition) is 1. The van der Waals surface area contributed by atoms with Crippen LogP contribution in [0.2, 0.25) is 0 Å². The summed E-state index contributed by atoms with van der Waals surface area (Å²) in [6, 6.07) is 10.7. The Morgan fingerprint density at radius 1 is 0.964 bits per heavy atom. The van der Waals surface area contributed by atoms with Crippen molar-refractivity contribution >= 4 is 17.8 Å². The minimum Gasteiger partial charge on any atom is -0.478 e. The fourth-order valence-corrected chi connectivity index (χ4v) is 3.31. The Kier molecular flexibility index (Phi) is 5.73. The molecule has 1 saturated heterocycles. The molecule has 1 aliphatic heterocycles. The summed E-state index contributed by atoms with van der Waals surface area (Å²) in [4.78, 5) is 43.9. The van der Waals surface area contributed by atoms with Gasteiger partial charge in [0.15, 0.2) is 0 Å². The van der Waals surface area contributed by atoms with E-state index in [1.807, 2.05) is 31.2 Å². The van der Waals surface area contributed by atoms with Gasteiger partial charge in [-0.3, -0.25) is 9.59 Å². The first-order chi connectivity index (χ1) is 13.4. The maximum absolute atomic E-state index is 12.7. The average Bonchev–Trinajstić information content (AvgIpc) is 2.69. The number of aryl methyl sites for hydroxylation is 2. The molecule has 7 heteroatoms. The smallest absolute Gasteiger partial charge is 0.337 e. The molecular formula is C21H23N3O4. The first-order valence-electron chi connectivity index (χ1n) is 9.19. The molecule has 1 fully saturated rings. The molecule has 2 amide bonds. The third-order valence-corrected chi connectivity index (χ3v) is 5.06. The van der Waals surface area contributed by atoms with Crippen LogP contribution in [0.4, 0.5) is 0 Å². The van der Waals surface area contributed by atoms with Crippen LogP contribution in [-0.2, 0) is 11.2 Å². The fourth-order valence-electron chi connectivity index (χ4n) is 3.31. The van der Waals surface area contributed by atoms with E-state index in [2.05, 4.69) is 4.98 Å². The maximum Gasteiger partial charge on any atom is 0.337 e. The van der Waals surface area contributed by atoms with Crippen LogP contribution in [-0.4, -0.2) is 63.9 Å². The summed E-state index contributed by atoms with van der Waals surface area (Å²) < 4.78 is 0. The summed E-state index contributed by atoms with van der Waals surface area (Å²) in [5.74, 6) is -1.25. The van der Waals surface area contributed by atoms with Crippen LogP contribution in [0.3, 0.4) is 0 Å². The number of carboxylic acids is 1. The Morgan fingerprint density at radius 2 is 1.61 bits per heavy atom. The number of aromatic carboxylic acids is 1. The molecule has 0 bridgehead atoms. The van der Waals surface area contributed by atoms with E-state index in [4.69, 9.17) is 5.11 Å². The lowest BCUT2D eigenvalue weighted by Gasteiger charge is -2.34. The van der Waals surface area contributed by atoms with Crippen LogP contribution in [0.1, 0.15) is 37.7 Å². The SMILES string of the molecule is Cc1ccccc1CC(=O)N1CCN(C(=O)c2ccc(C(=O)O)c(C)n2)CC1. The number of aromatic nitrogens is 1. The molecule has 0 radical (unpaired) electrons. The van der Waals surface area contributed by atoms with E-state index in [0.29, 0.717) is 38.3 Å². The molecule has 2 aromatic rings. The largest absolute Gasteiger partial charge is 0.478 e. The molecule has 0 unspecified atom stereocenters. The number of nitrogens with zero attached hydrogens (tertiary/aromatic N) is 3. The van der Waals surface area contributed by atoms with Crippen molar-refractivity contribution in [2.75, 3.05) is 26.2 Å². The highest BCUT2D eigenvalue weighted by atomic mass is 16.4. The van der Waals surface area contributed by atoms with Crippen LogP contribution in [0, 0.1) is 13.8 Å². The topological polar surface area (TPSA) is 90.8 Å². The Bertz CT molecular complexity index is 918.